The molecule has 1 aromatic rings. The lowest BCUT2D eigenvalue weighted by Crippen LogP contribution is -2.38. The van der Waals surface area contributed by atoms with Crippen LogP contribution in [-0.2, 0) is 4.79 Å². The maximum atomic E-state index is 12.1. The SMILES string of the molecule is CN1C(=O)C[C@H](CN[C@H]2CCCSC2)[C@H]1c1ccccc1. The first-order valence-corrected chi connectivity index (χ1v) is 9.03. The first-order chi connectivity index (χ1) is 10.3. The highest BCUT2D eigenvalue weighted by atomic mass is 32.2. The number of thioether (sulfide) groups is 1. The van der Waals surface area contributed by atoms with Crippen molar-refractivity contribution in [2.45, 2.75) is 31.3 Å². The molecule has 2 fully saturated rings. The van der Waals surface area contributed by atoms with E-state index in [1.165, 1.54) is 29.9 Å². The van der Waals surface area contributed by atoms with Crippen LogP contribution in [0.15, 0.2) is 30.3 Å². The number of likely N-dealkylation sites (tertiary alicyclic amines) is 1. The van der Waals surface area contributed by atoms with Crippen molar-refractivity contribution < 1.29 is 4.79 Å². The lowest BCUT2D eigenvalue weighted by atomic mass is 9.93. The van der Waals surface area contributed by atoms with E-state index in [-0.39, 0.29) is 11.9 Å². The zero-order chi connectivity index (χ0) is 14.7. The Hall–Kier alpha value is -1.00. The quantitative estimate of drug-likeness (QED) is 0.928. The van der Waals surface area contributed by atoms with E-state index < -0.39 is 0 Å². The average Bonchev–Trinajstić information content (AvgIpc) is 2.82. The van der Waals surface area contributed by atoms with Gasteiger partial charge in [-0.15, -0.1) is 0 Å². The van der Waals surface area contributed by atoms with Gasteiger partial charge in [0.25, 0.3) is 0 Å². The molecular weight excluding hydrogens is 280 g/mol. The number of carbonyl (C=O) groups excluding carboxylic acids is 1. The molecule has 0 spiro atoms. The summed E-state index contributed by atoms with van der Waals surface area (Å²) in [5, 5.41) is 3.70. The van der Waals surface area contributed by atoms with Crippen LogP contribution in [0.3, 0.4) is 0 Å². The van der Waals surface area contributed by atoms with Gasteiger partial charge in [0.1, 0.15) is 0 Å². The van der Waals surface area contributed by atoms with Crippen molar-refractivity contribution in [3.8, 4) is 0 Å². The third-order valence-electron chi connectivity index (χ3n) is 4.66. The third kappa shape index (κ3) is 3.43. The number of hydrogen-bond acceptors (Lipinski definition) is 3. The Morgan fingerprint density at radius 1 is 1.33 bits per heavy atom. The molecule has 2 saturated heterocycles. The highest BCUT2D eigenvalue weighted by Crippen LogP contribution is 2.36. The van der Waals surface area contributed by atoms with Crippen LogP contribution in [0.1, 0.15) is 30.9 Å². The maximum absolute atomic E-state index is 12.1. The smallest absolute Gasteiger partial charge is 0.223 e. The van der Waals surface area contributed by atoms with Crippen LogP contribution in [0.2, 0.25) is 0 Å². The minimum Gasteiger partial charge on any atom is -0.338 e. The summed E-state index contributed by atoms with van der Waals surface area (Å²) in [7, 11) is 1.94. The summed E-state index contributed by atoms with van der Waals surface area (Å²) >= 11 is 2.04. The fourth-order valence-corrected chi connectivity index (χ4v) is 4.61. The topological polar surface area (TPSA) is 32.3 Å². The molecular formula is C17H24N2OS. The Kier molecular flexibility index (Phi) is 4.86. The van der Waals surface area contributed by atoms with Crippen LogP contribution in [0.4, 0.5) is 0 Å². The minimum atomic E-state index is 0.224. The number of hydrogen-bond donors (Lipinski definition) is 1. The van der Waals surface area contributed by atoms with Crippen LogP contribution in [0, 0.1) is 5.92 Å². The lowest BCUT2D eigenvalue weighted by molar-refractivity contribution is -0.127. The van der Waals surface area contributed by atoms with Crippen LogP contribution in [-0.4, -0.2) is 41.9 Å². The van der Waals surface area contributed by atoms with Gasteiger partial charge >= 0.3 is 0 Å². The molecule has 2 heterocycles. The Labute approximate surface area is 131 Å². The molecule has 0 radical (unpaired) electrons. The predicted molar refractivity (Wildman–Crippen MR) is 88.4 cm³/mol. The fraction of sp³-hybridized carbons (Fsp3) is 0.588. The van der Waals surface area contributed by atoms with Gasteiger partial charge in [-0.2, -0.15) is 11.8 Å². The van der Waals surface area contributed by atoms with Crippen molar-refractivity contribution in [2.24, 2.45) is 5.92 Å². The zero-order valence-corrected chi connectivity index (χ0v) is 13.4. The number of amides is 1. The van der Waals surface area contributed by atoms with Crippen LogP contribution in [0.5, 0.6) is 0 Å². The number of benzene rings is 1. The fourth-order valence-electron chi connectivity index (χ4n) is 3.50. The van der Waals surface area contributed by atoms with Gasteiger partial charge in [-0.3, -0.25) is 4.79 Å². The number of carbonyl (C=O) groups is 1. The lowest BCUT2D eigenvalue weighted by Gasteiger charge is -2.28. The van der Waals surface area contributed by atoms with Gasteiger partial charge in [-0.05, 0) is 24.2 Å². The van der Waals surface area contributed by atoms with Crippen molar-refractivity contribution in [1.29, 1.82) is 0 Å². The number of nitrogens with zero attached hydrogens (tertiary/aromatic N) is 1. The summed E-state index contributed by atoms with van der Waals surface area (Å²) in [6, 6.07) is 11.3. The molecule has 1 amide bonds. The Morgan fingerprint density at radius 3 is 2.86 bits per heavy atom. The molecule has 3 rings (SSSR count). The van der Waals surface area contributed by atoms with Gasteiger partial charge in [0.15, 0.2) is 0 Å². The Balaban J connectivity index is 1.66. The standard InChI is InChI=1S/C17H24N2OS/c1-19-16(20)10-14(11-18-15-8-5-9-21-12-15)17(19)13-6-3-2-4-7-13/h2-4,6-7,14-15,17-18H,5,8-12H2,1H3/t14-,15+,17-/m1/s1. The van der Waals surface area contributed by atoms with Crippen molar-refractivity contribution in [3.05, 3.63) is 35.9 Å². The van der Waals surface area contributed by atoms with Crippen LogP contribution in [0.25, 0.3) is 0 Å². The molecule has 4 heteroatoms. The predicted octanol–water partition coefficient (Wildman–Crippen LogP) is 2.69. The van der Waals surface area contributed by atoms with E-state index in [1.807, 2.05) is 29.8 Å². The average molecular weight is 304 g/mol. The van der Waals surface area contributed by atoms with Gasteiger partial charge in [0.2, 0.25) is 5.91 Å². The monoisotopic (exact) mass is 304 g/mol. The normalized spacial score (nSPS) is 29.9. The molecule has 114 valence electrons. The maximum Gasteiger partial charge on any atom is 0.223 e. The summed E-state index contributed by atoms with van der Waals surface area (Å²) < 4.78 is 0. The van der Waals surface area contributed by atoms with Gasteiger partial charge in [0, 0.05) is 37.7 Å². The van der Waals surface area contributed by atoms with Crippen LogP contribution < -0.4 is 5.32 Å². The van der Waals surface area contributed by atoms with E-state index in [1.54, 1.807) is 0 Å². The molecule has 3 atom stereocenters. The molecule has 2 aliphatic heterocycles. The second-order valence-electron chi connectivity index (χ2n) is 6.15. The zero-order valence-electron chi connectivity index (χ0n) is 12.6. The molecule has 0 bridgehead atoms. The van der Waals surface area contributed by atoms with E-state index in [9.17, 15) is 4.79 Å². The Morgan fingerprint density at radius 2 is 2.14 bits per heavy atom. The number of nitrogens with one attached hydrogen (secondary N) is 1. The van der Waals surface area contributed by atoms with E-state index in [4.69, 9.17) is 0 Å². The van der Waals surface area contributed by atoms with Gasteiger partial charge in [-0.1, -0.05) is 30.3 Å². The second kappa shape index (κ2) is 6.84. The summed E-state index contributed by atoms with van der Waals surface area (Å²) in [4.78, 5) is 14.0. The molecule has 21 heavy (non-hydrogen) atoms. The molecule has 3 nitrogen and oxygen atoms in total. The minimum absolute atomic E-state index is 0.224. The van der Waals surface area contributed by atoms with E-state index in [0.717, 1.165) is 6.54 Å². The highest BCUT2D eigenvalue weighted by Gasteiger charge is 2.38. The van der Waals surface area contributed by atoms with E-state index >= 15 is 0 Å². The van der Waals surface area contributed by atoms with Crippen LogP contribution >= 0.6 is 11.8 Å². The number of rotatable bonds is 4. The van der Waals surface area contributed by atoms with Gasteiger partial charge in [-0.25, -0.2) is 0 Å². The summed E-state index contributed by atoms with van der Waals surface area (Å²) in [6.07, 6.45) is 3.26. The Bertz CT molecular complexity index is 473. The van der Waals surface area contributed by atoms with Crippen molar-refractivity contribution in [3.63, 3.8) is 0 Å². The van der Waals surface area contributed by atoms with Gasteiger partial charge in [0.05, 0.1) is 6.04 Å². The van der Waals surface area contributed by atoms with Crippen molar-refractivity contribution in [2.75, 3.05) is 25.1 Å². The van der Waals surface area contributed by atoms with Crippen molar-refractivity contribution >= 4 is 17.7 Å². The molecule has 1 aromatic carbocycles. The molecule has 0 unspecified atom stereocenters. The first-order valence-electron chi connectivity index (χ1n) is 7.87. The highest BCUT2D eigenvalue weighted by molar-refractivity contribution is 7.99. The largest absolute Gasteiger partial charge is 0.338 e. The summed E-state index contributed by atoms with van der Waals surface area (Å²) in [5.74, 6) is 3.17. The summed E-state index contributed by atoms with van der Waals surface area (Å²) in [5.41, 5.74) is 1.26. The van der Waals surface area contributed by atoms with Crippen molar-refractivity contribution in [1.82, 2.24) is 10.2 Å². The molecule has 0 aromatic heterocycles. The molecule has 0 aliphatic carbocycles. The molecule has 2 aliphatic rings. The molecule has 1 N–H and O–H groups in total. The van der Waals surface area contributed by atoms with Gasteiger partial charge < -0.3 is 10.2 Å². The summed E-state index contributed by atoms with van der Waals surface area (Å²) in [6.45, 7) is 0.945. The van der Waals surface area contributed by atoms with E-state index in [0.29, 0.717) is 18.4 Å². The first kappa shape index (κ1) is 14.9. The third-order valence-corrected chi connectivity index (χ3v) is 5.88. The second-order valence-corrected chi connectivity index (χ2v) is 7.30. The molecule has 0 saturated carbocycles. The van der Waals surface area contributed by atoms with E-state index in [2.05, 4.69) is 29.6 Å².